The van der Waals surface area contributed by atoms with E-state index in [1.807, 2.05) is 0 Å². The number of aliphatic carboxylic acids is 1. The van der Waals surface area contributed by atoms with Crippen LogP contribution in [-0.4, -0.2) is 57.6 Å². The van der Waals surface area contributed by atoms with E-state index in [0.717, 1.165) is 22.7 Å². The summed E-state index contributed by atoms with van der Waals surface area (Å²) in [6.45, 7) is 2.13. The van der Waals surface area contributed by atoms with E-state index in [1.165, 1.54) is 24.3 Å². The molecule has 3 heterocycles. The number of halogens is 2. The Balaban J connectivity index is 1.18. The fraction of sp³-hybridized carbons (Fsp3) is 0.269. The predicted octanol–water partition coefficient (Wildman–Crippen LogP) is 4.78. The van der Waals surface area contributed by atoms with Crippen molar-refractivity contribution in [2.75, 3.05) is 25.0 Å². The van der Waals surface area contributed by atoms with Crippen molar-refractivity contribution in [3.63, 3.8) is 0 Å². The Morgan fingerprint density at radius 2 is 2.02 bits per heavy atom. The summed E-state index contributed by atoms with van der Waals surface area (Å²) >= 11 is 1.35. The lowest BCUT2D eigenvalue weighted by atomic mass is 10.1. The van der Waals surface area contributed by atoms with E-state index < -0.39 is 31.4 Å². The minimum Gasteiger partial charge on any atom is -0.480 e. The molecule has 2 aromatic heterocycles. The minimum absolute atomic E-state index is 0.0875. The van der Waals surface area contributed by atoms with Crippen LogP contribution in [-0.2, 0) is 26.8 Å². The second-order valence-electron chi connectivity index (χ2n) is 9.25. The number of H-pyrrole nitrogens is 1. The van der Waals surface area contributed by atoms with Crippen molar-refractivity contribution < 1.29 is 37.1 Å². The normalized spacial score (nSPS) is 15.2. The number of fused-ring (bicyclic) bond motifs is 2. The number of carboxylic acids is 1. The van der Waals surface area contributed by atoms with Crippen LogP contribution in [0.1, 0.15) is 28.0 Å². The van der Waals surface area contributed by atoms with Crippen molar-refractivity contribution in [3.05, 3.63) is 76.4 Å². The highest BCUT2D eigenvalue weighted by Crippen LogP contribution is 2.44. The SMILES string of the molecule is C[C@H](NP(=O)(OCCNc1nc2c(s1)CN(C(=O)c1cc3c(F)cc(F)cc3[nH]1)CC2)Oc1ccccc1)C(=O)O. The average Bonchev–Trinajstić information content (AvgIpc) is 3.55. The first-order valence-electron chi connectivity index (χ1n) is 12.6. The van der Waals surface area contributed by atoms with Gasteiger partial charge in [-0.15, -0.1) is 0 Å². The lowest BCUT2D eigenvalue weighted by Gasteiger charge is -2.25. The first kappa shape index (κ1) is 28.7. The molecule has 1 aliphatic rings. The summed E-state index contributed by atoms with van der Waals surface area (Å²) in [7, 11) is -4.02. The van der Waals surface area contributed by atoms with Crippen LogP contribution in [0.2, 0.25) is 0 Å². The van der Waals surface area contributed by atoms with Gasteiger partial charge >= 0.3 is 13.7 Å². The van der Waals surface area contributed by atoms with E-state index in [-0.39, 0.29) is 41.4 Å². The Labute approximate surface area is 237 Å². The summed E-state index contributed by atoms with van der Waals surface area (Å²) in [6, 6.07) is 10.4. The summed E-state index contributed by atoms with van der Waals surface area (Å²) < 4.78 is 51.8. The van der Waals surface area contributed by atoms with Crippen molar-refractivity contribution in [3.8, 4) is 5.75 Å². The predicted molar refractivity (Wildman–Crippen MR) is 148 cm³/mol. The van der Waals surface area contributed by atoms with Crippen LogP contribution in [0.4, 0.5) is 13.9 Å². The Bertz CT molecular complexity index is 1630. The number of para-hydroxylation sites is 1. The maximum atomic E-state index is 14.1. The first-order valence-corrected chi connectivity index (χ1v) is 15.0. The molecule has 2 atom stereocenters. The lowest BCUT2D eigenvalue weighted by Crippen LogP contribution is -2.35. The first-order chi connectivity index (χ1) is 19.6. The Morgan fingerprint density at radius 3 is 2.78 bits per heavy atom. The third-order valence-electron chi connectivity index (χ3n) is 6.23. The number of carbonyl (C=O) groups excluding carboxylic acids is 1. The van der Waals surface area contributed by atoms with Crippen molar-refractivity contribution in [1.82, 2.24) is 20.0 Å². The van der Waals surface area contributed by atoms with Crippen LogP contribution < -0.4 is 14.9 Å². The summed E-state index contributed by atoms with van der Waals surface area (Å²) in [5, 5.41) is 15.4. The number of carbonyl (C=O) groups is 2. The number of aromatic amines is 1. The molecule has 1 aliphatic heterocycles. The molecule has 0 saturated heterocycles. The molecule has 11 nitrogen and oxygen atoms in total. The Morgan fingerprint density at radius 1 is 1.24 bits per heavy atom. The number of aromatic nitrogens is 2. The molecule has 0 saturated carbocycles. The van der Waals surface area contributed by atoms with Crippen molar-refractivity contribution in [2.24, 2.45) is 0 Å². The average molecular weight is 606 g/mol. The third kappa shape index (κ3) is 6.73. The van der Waals surface area contributed by atoms with Crippen molar-refractivity contribution >= 4 is 47.0 Å². The van der Waals surface area contributed by atoms with E-state index in [2.05, 4.69) is 20.4 Å². The molecular weight excluding hydrogens is 579 g/mol. The molecule has 1 unspecified atom stereocenters. The fourth-order valence-corrected chi connectivity index (χ4v) is 6.76. The van der Waals surface area contributed by atoms with E-state index in [9.17, 15) is 28.0 Å². The van der Waals surface area contributed by atoms with Crippen LogP contribution in [0.3, 0.4) is 0 Å². The smallest absolute Gasteiger partial charge is 0.459 e. The van der Waals surface area contributed by atoms with Gasteiger partial charge < -0.3 is 24.8 Å². The molecule has 5 rings (SSSR count). The highest BCUT2D eigenvalue weighted by molar-refractivity contribution is 7.52. The van der Waals surface area contributed by atoms with Gasteiger partial charge in [-0.1, -0.05) is 29.5 Å². The summed E-state index contributed by atoms with van der Waals surface area (Å²) in [4.78, 5) is 34.2. The van der Waals surface area contributed by atoms with E-state index in [1.54, 1.807) is 35.2 Å². The Kier molecular flexibility index (Phi) is 8.36. The molecule has 0 bridgehead atoms. The van der Waals surface area contributed by atoms with Gasteiger partial charge in [0.2, 0.25) is 0 Å². The van der Waals surface area contributed by atoms with Crippen LogP contribution >= 0.6 is 19.1 Å². The molecule has 41 heavy (non-hydrogen) atoms. The second kappa shape index (κ2) is 12.0. The number of hydrogen-bond acceptors (Lipinski definition) is 8. The van der Waals surface area contributed by atoms with Crippen LogP contribution in [0.15, 0.2) is 48.5 Å². The van der Waals surface area contributed by atoms with Gasteiger partial charge in [-0.05, 0) is 31.2 Å². The highest BCUT2D eigenvalue weighted by atomic mass is 32.1. The van der Waals surface area contributed by atoms with Gasteiger partial charge in [-0.3, -0.25) is 14.1 Å². The zero-order valence-corrected chi connectivity index (χ0v) is 23.4. The summed E-state index contributed by atoms with van der Waals surface area (Å²) in [5.41, 5.74) is 1.21. The number of nitrogens with zero attached hydrogens (tertiary/aromatic N) is 2. The second-order valence-corrected chi connectivity index (χ2v) is 12.0. The zero-order chi connectivity index (χ0) is 29.1. The number of anilines is 1. The summed E-state index contributed by atoms with van der Waals surface area (Å²) in [5.74, 6) is -2.76. The van der Waals surface area contributed by atoms with Gasteiger partial charge in [-0.2, -0.15) is 5.09 Å². The van der Waals surface area contributed by atoms with Crippen LogP contribution in [0.5, 0.6) is 5.75 Å². The number of rotatable bonds is 11. The highest BCUT2D eigenvalue weighted by Gasteiger charge is 2.31. The molecule has 4 N–H and O–H groups in total. The largest absolute Gasteiger partial charge is 0.480 e. The molecule has 0 fully saturated rings. The molecule has 15 heteroatoms. The van der Waals surface area contributed by atoms with Crippen LogP contribution in [0.25, 0.3) is 10.9 Å². The molecule has 2 aromatic carbocycles. The number of thiazole rings is 1. The zero-order valence-electron chi connectivity index (χ0n) is 21.7. The van der Waals surface area contributed by atoms with Crippen molar-refractivity contribution in [2.45, 2.75) is 25.9 Å². The van der Waals surface area contributed by atoms with E-state index >= 15 is 0 Å². The number of hydrogen-bond donors (Lipinski definition) is 4. The van der Waals surface area contributed by atoms with E-state index in [0.29, 0.717) is 24.6 Å². The topological polar surface area (TPSA) is 146 Å². The van der Waals surface area contributed by atoms with Gasteiger partial charge in [0.15, 0.2) is 5.13 Å². The molecule has 4 aromatic rings. The third-order valence-corrected chi connectivity index (χ3v) is 8.95. The Hall–Kier alpha value is -3.84. The monoisotopic (exact) mass is 605 g/mol. The van der Waals surface area contributed by atoms with Gasteiger partial charge in [0, 0.05) is 35.8 Å². The van der Waals surface area contributed by atoms with Crippen molar-refractivity contribution in [1.29, 1.82) is 0 Å². The molecule has 0 aliphatic carbocycles. The van der Waals surface area contributed by atoms with Gasteiger partial charge in [0.25, 0.3) is 5.91 Å². The summed E-state index contributed by atoms with van der Waals surface area (Å²) in [6.07, 6.45) is 0.510. The molecule has 0 spiro atoms. The maximum absolute atomic E-state index is 14.1. The molecule has 0 radical (unpaired) electrons. The van der Waals surface area contributed by atoms with Crippen LogP contribution in [0, 0.1) is 11.6 Å². The number of benzene rings is 2. The molecule has 216 valence electrons. The van der Waals surface area contributed by atoms with Gasteiger partial charge in [-0.25, -0.2) is 18.3 Å². The van der Waals surface area contributed by atoms with Gasteiger partial charge in [0.05, 0.1) is 24.4 Å². The lowest BCUT2D eigenvalue weighted by molar-refractivity contribution is -0.138. The number of nitrogens with one attached hydrogen (secondary N) is 3. The van der Waals surface area contributed by atoms with Gasteiger partial charge in [0.1, 0.15) is 29.1 Å². The molecular formula is C26H26F2N5O6PS. The number of carboxylic acid groups (broad SMARTS) is 1. The quantitative estimate of drug-likeness (QED) is 0.140. The maximum Gasteiger partial charge on any atom is 0.459 e. The number of amides is 1. The van der Waals surface area contributed by atoms with E-state index in [4.69, 9.17) is 9.05 Å². The fourth-order valence-electron chi connectivity index (χ4n) is 4.22. The molecule has 1 amide bonds. The standard InChI is InChI=1S/C26H26F2N5O6PS/c1-15(25(35)36)32-40(37,39-17-5-3-2-4-6-17)38-10-8-29-26-31-20-7-9-33(14-23(20)41-26)24(34)22-13-18-19(28)11-16(27)12-21(18)30-22/h2-6,11-13,15,30H,7-10,14H2,1H3,(H,29,31)(H,32,37)(H,35,36)/t15-,40?/m0/s1. The minimum atomic E-state index is -4.02.